The lowest BCUT2D eigenvalue weighted by Crippen LogP contribution is -2.29. The van der Waals surface area contributed by atoms with Crippen LogP contribution in [0, 0.1) is 0 Å². The van der Waals surface area contributed by atoms with Crippen LogP contribution in [0.2, 0.25) is 0 Å². The van der Waals surface area contributed by atoms with E-state index in [0.717, 1.165) is 16.9 Å². The molecule has 0 saturated carbocycles. The van der Waals surface area contributed by atoms with Gasteiger partial charge in [-0.3, -0.25) is 14.5 Å². The Hall–Kier alpha value is -4.38. The number of carbonyl (C=O) groups excluding carboxylic acids is 2. The van der Waals surface area contributed by atoms with Crippen molar-refractivity contribution in [1.29, 1.82) is 0 Å². The van der Waals surface area contributed by atoms with Crippen LogP contribution >= 0.6 is 0 Å². The molecule has 0 unspecified atom stereocenters. The van der Waals surface area contributed by atoms with E-state index < -0.39 is 0 Å². The van der Waals surface area contributed by atoms with Crippen LogP contribution in [0.1, 0.15) is 31.8 Å². The lowest BCUT2D eigenvalue weighted by atomic mass is 10.1. The zero-order valence-corrected chi connectivity index (χ0v) is 17.8. The molecule has 0 spiro atoms. The zero-order valence-electron chi connectivity index (χ0n) is 17.8. The van der Waals surface area contributed by atoms with Crippen molar-refractivity contribution in [3.05, 3.63) is 125 Å². The number of hydrogen-bond donors (Lipinski definition) is 0. The van der Waals surface area contributed by atoms with Gasteiger partial charge in [-0.05, 0) is 53.6 Å². The molecule has 4 aromatic carbocycles. The molecule has 0 fully saturated rings. The average molecular weight is 435 g/mol. The highest BCUT2D eigenvalue weighted by Gasteiger charge is 2.35. The van der Waals surface area contributed by atoms with Crippen LogP contribution in [0.25, 0.3) is 0 Å². The minimum Gasteiger partial charge on any atom is -0.489 e. The highest BCUT2D eigenvalue weighted by molar-refractivity contribution is 6.21. The number of ether oxygens (including phenoxy) is 2. The number of fused-ring (bicyclic) bond motifs is 1. The summed E-state index contributed by atoms with van der Waals surface area (Å²) in [6.07, 6.45) is 0. The lowest BCUT2D eigenvalue weighted by Gasteiger charge is -2.14. The van der Waals surface area contributed by atoms with Gasteiger partial charge in [0.25, 0.3) is 11.8 Å². The maximum Gasteiger partial charge on any atom is 0.262 e. The number of imide groups is 1. The topological polar surface area (TPSA) is 55.8 Å². The molecule has 1 aliphatic rings. The Bertz CT molecular complexity index is 1280. The third-order valence-corrected chi connectivity index (χ3v) is 5.43. The normalized spacial score (nSPS) is 12.5. The number of benzene rings is 4. The first-order valence-electron chi connectivity index (χ1n) is 10.7. The monoisotopic (exact) mass is 435 g/mol. The molecule has 0 aromatic heterocycles. The molecule has 0 N–H and O–H groups in total. The predicted octanol–water partition coefficient (Wildman–Crippen LogP) is 5.85. The first-order valence-corrected chi connectivity index (χ1v) is 10.7. The summed E-state index contributed by atoms with van der Waals surface area (Å²) in [6.45, 7) is 0.673. The third-order valence-electron chi connectivity index (χ3n) is 5.43. The molecule has 5 rings (SSSR count). The second kappa shape index (κ2) is 9.01. The van der Waals surface area contributed by atoms with Crippen molar-refractivity contribution in [2.75, 3.05) is 0 Å². The minimum absolute atomic E-state index is 0.195. The van der Waals surface area contributed by atoms with Crippen LogP contribution in [0.15, 0.2) is 103 Å². The Balaban J connectivity index is 1.26. The van der Waals surface area contributed by atoms with E-state index in [1.807, 2.05) is 84.9 Å². The molecule has 0 radical (unpaired) electrons. The van der Waals surface area contributed by atoms with Crippen molar-refractivity contribution in [3.63, 3.8) is 0 Å². The van der Waals surface area contributed by atoms with E-state index in [0.29, 0.717) is 29.2 Å². The Morgan fingerprint density at radius 3 is 1.94 bits per heavy atom. The number of hydrogen-bond acceptors (Lipinski definition) is 4. The Morgan fingerprint density at radius 1 is 0.576 bits per heavy atom. The van der Waals surface area contributed by atoms with Gasteiger partial charge in [0.2, 0.25) is 0 Å². The highest BCUT2D eigenvalue weighted by atomic mass is 16.5. The molecule has 5 heteroatoms. The number of para-hydroxylation sites is 1. The Morgan fingerprint density at radius 2 is 1.21 bits per heavy atom. The van der Waals surface area contributed by atoms with E-state index >= 15 is 0 Å². The molecule has 5 nitrogen and oxygen atoms in total. The SMILES string of the molecule is O=C1c2ccc(Oc3ccccc3)cc2C(=O)N1Cc1ccc(OCc2ccccc2)cc1. The number of amides is 2. The van der Waals surface area contributed by atoms with Crippen LogP contribution in [0.4, 0.5) is 0 Å². The van der Waals surface area contributed by atoms with E-state index in [1.54, 1.807) is 18.2 Å². The Kier molecular flexibility index (Phi) is 5.60. The average Bonchev–Trinajstić information content (AvgIpc) is 3.09. The van der Waals surface area contributed by atoms with Gasteiger partial charge in [0.1, 0.15) is 23.9 Å². The summed E-state index contributed by atoms with van der Waals surface area (Å²) in [7, 11) is 0. The molecule has 0 aliphatic carbocycles. The number of nitrogens with zero attached hydrogens (tertiary/aromatic N) is 1. The Labute approximate surface area is 191 Å². The number of rotatable bonds is 7. The van der Waals surface area contributed by atoms with E-state index in [-0.39, 0.29) is 18.4 Å². The fourth-order valence-electron chi connectivity index (χ4n) is 3.72. The van der Waals surface area contributed by atoms with E-state index in [4.69, 9.17) is 9.47 Å². The van der Waals surface area contributed by atoms with Crippen molar-refractivity contribution in [1.82, 2.24) is 4.90 Å². The maximum absolute atomic E-state index is 13.0. The van der Waals surface area contributed by atoms with Crippen LogP contribution in [0.5, 0.6) is 17.2 Å². The molecular weight excluding hydrogens is 414 g/mol. The molecule has 1 heterocycles. The van der Waals surface area contributed by atoms with Crippen molar-refractivity contribution < 1.29 is 19.1 Å². The summed E-state index contributed by atoms with van der Waals surface area (Å²) in [5.41, 5.74) is 2.68. The molecule has 2 amide bonds. The molecule has 33 heavy (non-hydrogen) atoms. The molecule has 4 aromatic rings. The van der Waals surface area contributed by atoms with Gasteiger partial charge in [-0.25, -0.2) is 0 Å². The second-order valence-electron chi connectivity index (χ2n) is 7.74. The van der Waals surface area contributed by atoms with Crippen LogP contribution in [0.3, 0.4) is 0 Å². The summed E-state index contributed by atoms with van der Waals surface area (Å²) in [6, 6.07) is 31.7. The first kappa shape index (κ1) is 20.5. The summed E-state index contributed by atoms with van der Waals surface area (Å²) in [5.74, 6) is 1.29. The lowest BCUT2D eigenvalue weighted by molar-refractivity contribution is 0.0642. The summed E-state index contributed by atoms with van der Waals surface area (Å²) >= 11 is 0. The van der Waals surface area contributed by atoms with Crippen molar-refractivity contribution in [3.8, 4) is 17.2 Å². The molecular formula is C28H21NO4. The maximum atomic E-state index is 13.0. The van der Waals surface area contributed by atoms with E-state index in [2.05, 4.69) is 0 Å². The van der Waals surface area contributed by atoms with Crippen molar-refractivity contribution in [2.24, 2.45) is 0 Å². The van der Waals surface area contributed by atoms with Crippen LogP contribution in [-0.4, -0.2) is 16.7 Å². The largest absolute Gasteiger partial charge is 0.489 e. The third kappa shape index (κ3) is 4.48. The minimum atomic E-state index is -0.321. The smallest absolute Gasteiger partial charge is 0.262 e. The van der Waals surface area contributed by atoms with Crippen molar-refractivity contribution >= 4 is 11.8 Å². The van der Waals surface area contributed by atoms with Gasteiger partial charge in [0.15, 0.2) is 0 Å². The quantitative estimate of drug-likeness (QED) is 0.342. The van der Waals surface area contributed by atoms with Gasteiger partial charge in [-0.2, -0.15) is 0 Å². The van der Waals surface area contributed by atoms with Crippen LogP contribution < -0.4 is 9.47 Å². The van der Waals surface area contributed by atoms with Gasteiger partial charge in [0.05, 0.1) is 17.7 Å². The van der Waals surface area contributed by atoms with Gasteiger partial charge in [-0.1, -0.05) is 60.7 Å². The van der Waals surface area contributed by atoms with Gasteiger partial charge in [0, 0.05) is 0 Å². The van der Waals surface area contributed by atoms with Gasteiger partial charge < -0.3 is 9.47 Å². The summed E-state index contributed by atoms with van der Waals surface area (Å²) < 4.78 is 11.6. The second-order valence-corrected chi connectivity index (χ2v) is 7.74. The van der Waals surface area contributed by atoms with E-state index in [1.165, 1.54) is 4.90 Å². The molecule has 0 bridgehead atoms. The molecule has 0 atom stereocenters. The zero-order chi connectivity index (χ0) is 22.6. The summed E-state index contributed by atoms with van der Waals surface area (Å²) in [4.78, 5) is 27.1. The van der Waals surface area contributed by atoms with Crippen LogP contribution in [-0.2, 0) is 13.2 Å². The number of carbonyl (C=O) groups is 2. The fraction of sp³-hybridized carbons (Fsp3) is 0.0714. The van der Waals surface area contributed by atoms with E-state index in [9.17, 15) is 9.59 Å². The molecule has 162 valence electrons. The van der Waals surface area contributed by atoms with Gasteiger partial charge in [-0.15, -0.1) is 0 Å². The van der Waals surface area contributed by atoms with Crippen molar-refractivity contribution in [2.45, 2.75) is 13.2 Å². The first-order chi connectivity index (χ1) is 16.2. The standard InChI is InChI=1S/C28H21NO4/c30-27-25-16-15-24(33-23-9-5-2-6-10-23)17-26(25)28(31)29(27)18-20-11-13-22(14-12-20)32-19-21-7-3-1-4-8-21/h1-17H,18-19H2. The fourth-order valence-corrected chi connectivity index (χ4v) is 3.72. The predicted molar refractivity (Wildman–Crippen MR) is 124 cm³/mol. The molecule has 1 aliphatic heterocycles. The highest BCUT2D eigenvalue weighted by Crippen LogP contribution is 2.30. The molecule has 0 saturated heterocycles. The van der Waals surface area contributed by atoms with Gasteiger partial charge >= 0.3 is 0 Å². The summed E-state index contributed by atoms with van der Waals surface area (Å²) in [5, 5.41) is 0.